The van der Waals surface area contributed by atoms with E-state index in [-0.39, 0.29) is 11.9 Å². The molecule has 1 heterocycles. The summed E-state index contributed by atoms with van der Waals surface area (Å²) >= 11 is 0. The van der Waals surface area contributed by atoms with Gasteiger partial charge in [-0.15, -0.1) is 0 Å². The van der Waals surface area contributed by atoms with Crippen molar-refractivity contribution < 1.29 is 13.9 Å². The molecule has 0 spiro atoms. The average molecular weight is 355 g/mol. The zero-order valence-corrected chi connectivity index (χ0v) is 16.5. The van der Waals surface area contributed by atoms with Gasteiger partial charge in [0.25, 0.3) is 0 Å². The number of carbonyl (C=O) groups excluding carboxylic acids is 1. The van der Waals surface area contributed by atoms with E-state index in [2.05, 4.69) is 11.4 Å². The number of carbonyl (C=O) groups is 1. The number of ether oxygens (including phenoxy) is 1. The Hall–Kier alpha value is -2.23. The number of hydrogen-bond acceptors (Lipinski definition) is 3. The lowest BCUT2D eigenvalue weighted by molar-refractivity contribution is -0.116. The minimum atomic E-state index is -0.0769. The van der Waals surface area contributed by atoms with Gasteiger partial charge in [-0.05, 0) is 65.5 Å². The van der Waals surface area contributed by atoms with Crippen LogP contribution in [0.15, 0.2) is 16.6 Å². The first kappa shape index (κ1) is 18.6. The van der Waals surface area contributed by atoms with E-state index in [0.29, 0.717) is 6.61 Å². The molecule has 4 heteroatoms. The Morgan fingerprint density at radius 1 is 1.35 bits per heavy atom. The number of benzene rings is 1. The van der Waals surface area contributed by atoms with Crippen molar-refractivity contribution in [2.75, 3.05) is 6.61 Å². The van der Waals surface area contributed by atoms with Crippen LogP contribution in [0.2, 0.25) is 0 Å². The minimum absolute atomic E-state index is 0.0769. The molecule has 2 aromatic rings. The maximum Gasteiger partial charge on any atom is 0.244 e. The summed E-state index contributed by atoms with van der Waals surface area (Å²) in [7, 11) is 0. The molecule has 0 saturated heterocycles. The third-order valence-electron chi connectivity index (χ3n) is 4.92. The molecule has 0 saturated carbocycles. The van der Waals surface area contributed by atoms with Crippen LogP contribution in [0.1, 0.15) is 63.0 Å². The molecule has 0 bridgehead atoms. The molecule has 0 atom stereocenters. The number of rotatable bonds is 5. The Balaban J connectivity index is 2.14. The Morgan fingerprint density at radius 3 is 2.77 bits per heavy atom. The zero-order valence-electron chi connectivity index (χ0n) is 16.5. The lowest BCUT2D eigenvalue weighted by atomic mass is 9.93. The van der Waals surface area contributed by atoms with E-state index in [4.69, 9.17) is 9.15 Å². The quantitative estimate of drug-likeness (QED) is 0.772. The first-order valence-electron chi connectivity index (χ1n) is 9.62. The number of allylic oxidation sites excluding steroid dienone is 1. The summed E-state index contributed by atoms with van der Waals surface area (Å²) < 4.78 is 12.2. The van der Waals surface area contributed by atoms with Crippen LogP contribution < -0.4 is 10.1 Å². The second-order valence-electron chi connectivity index (χ2n) is 7.39. The molecule has 0 unspecified atom stereocenters. The maximum atomic E-state index is 12.2. The van der Waals surface area contributed by atoms with Gasteiger partial charge in [0, 0.05) is 40.6 Å². The third kappa shape index (κ3) is 3.50. The molecule has 0 aliphatic heterocycles. The van der Waals surface area contributed by atoms with Crippen molar-refractivity contribution in [2.24, 2.45) is 0 Å². The average Bonchev–Trinajstić information content (AvgIpc) is 2.95. The summed E-state index contributed by atoms with van der Waals surface area (Å²) in [6.07, 6.45) is 6.12. The molecule has 1 aromatic carbocycles. The summed E-state index contributed by atoms with van der Waals surface area (Å²) in [5.41, 5.74) is 5.17. The molecule has 0 radical (unpaired) electrons. The molecular weight excluding hydrogens is 326 g/mol. The Labute approximate surface area is 155 Å². The fourth-order valence-electron chi connectivity index (χ4n) is 3.76. The predicted molar refractivity (Wildman–Crippen MR) is 106 cm³/mol. The molecule has 1 aliphatic carbocycles. The van der Waals surface area contributed by atoms with Crippen LogP contribution in [0, 0.1) is 6.92 Å². The monoisotopic (exact) mass is 355 g/mol. The van der Waals surface area contributed by atoms with E-state index >= 15 is 0 Å². The minimum Gasteiger partial charge on any atom is -0.493 e. The number of nitrogens with one attached hydrogen (secondary N) is 1. The van der Waals surface area contributed by atoms with Gasteiger partial charge in [0.2, 0.25) is 5.91 Å². The molecule has 1 N–H and O–H groups in total. The maximum absolute atomic E-state index is 12.2. The highest BCUT2D eigenvalue weighted by Crippen LogP contribution is 2.41. The molecule has 4 nitrogen and oxygen atoms in total. The lowest BCUT2D eigenvalue weighted by Gasteiger charge is -2.15. The Kier molecular flexibility index (Phi) is 5.40. The fourth-order valence-corrected chi connectivity index (χ4v) is 3.76. The third-order valence-corrected chi connectivity index (χ3v) is 4.92. The Bertz CT molecular complexity index is 858. The van der Waals surface area contributed by atoms with E-state index in [1.54, 1.807) is 6.08 Å². The van der Waals surface area contributed by atoms with Crippen molar-refractivity contribution in [3.05, 3.63) is 34.6 Å². The van der Waals surface area contributed by atoms with E-state index < -0.39 is 0 Å². The predicted octanol–water partition coefficient (Wildman–Crippen LogP) is 4.95. The van der Waals surface area contributed by atoms with Gasteiger partial charge >= 0.3 is 0 Å². The molecule has 1 aromatic heterocycles. The lowest BCUT2D eigenvalue weighted by Crippen LogP contribution is -2.28. The SMILES string of the molecule is CCOc1c(/C(C)=C/C(=O)NC(C)C)cc2c3c(oc2c1C)CCCC3. The number of hydrogen-bond donors (Lipinski definition) is 1. The van der Waals surface area contributed by atoms with Crippen molar-refractivity contribution in [1.29, 1.82) is 0 Å². The standard InChI is InChI=1S/C22H29NO3/c1-6-25-21-15(5)22-18(16-9-7-8-10-19(16)26-22)12-17(21)14(4)11-20(24)23-13(2)3/h11-13H,6-10H2,1-5H3,(H,23,24)/b14-11+. The number of fused-ring (bicyclic) bond motifs is 3. The van der Waals surface area contributed by atoms with Gasteiger partial charge in [-0.2, -0.15) is 0 Å². The van der Waals surface area contributed by atoms with Crippen molar-refractivity contribution >= 4 is 22.4 Å². The summed E-state index contributed by atoms with van der Waals surface area (Å²) in [5.74, 6) is 1.86. The second kappa shape index (κ2) is 7.56. The van der Waals surface area contributed by atoms with Crippen LogP contribution in [0.5, 0.6) is 5.75 Å². The van der Waals surface area contributed by atoms with E-state index in [1.807, 2.05) is 34.6 Å². The highest BCUT2D eigenvalue weighted by atomic mass is 16.5. The highest BCUT2D eigenvalue weighted by Gasteiger charge is 2.23. The van der Waals surface area contributed by atoms with Gasteiger partial charge in [0.15, 0.2) is 0 Å². The second-order valence-corrected chi connectivity index (χ2v) is 7.39. The fraction of sp³-hybridized carbons (Fsp3) is 0.500. The van der Waals surface area contributed by atoms with Crippen molar-refractivity contribution in [3.63, 3.8) is 0 Å². The summed E-state index contributed by atoms with van der Waals surface area (Å²) in [6.45, 7) is 10.5. The number of furan rings is 1. The van der Waals surface area contributed by atoms with Gasteiger partial charge < -0.3 is 14.5 Å². The molecule has 140 valence electrons. The van der Waals surface area contributed by atoms with Crippen LogP contribution in [-0.2, 0) is 17.6 Å². The topological polar surface area (TPSA) is 51.5 Å². The van der Waals surface area contributed by atoms with Crippen LogP contribution in [0.4, 0.5) is 0 Å². The highest BCUT2D eigenvalue weighted by molar-refractivity contribution is 5.98. The first-order valence-corrected chi connectivity index (χ1v) is 9.62. The molecule has 1 amide bonds. The number of aryl methyl sites for hydroxylation is 3. The largest absolute Gasteiger partial charge is 0.493 e. The van der Waals surface area contributed by atoms with E-state index in [0.717, 1.165) is 46.6 Å². The molecular formula is C22H29NO3. The van der Waals surface area contributed by atoms with Gasteiger partial charge in [0.05, 0.1) is 6.61 Å². The normalized spacial score (nSPS) is 14.6. The van der Waals surface area contributed by atoms with Crippen LogP contribution in [-0.4, -0.2) is 18.6 Å². The molecule has 1 aliphatic rings. The van der Waals surface area contributed by atoms with Crippen molar-refractivity contribution in [2.45, 2.75) is 66.3 Å². The van der Waals surface area contributed by atoms with Gasteiger partial charge in [-0.3, -0.25) is 4.79 Å². The van der Waals surface area contributed by atoms with Gasteiger partial charge in [0.1, 0.15) is 17.1 Å². The zero-order chi connectivity index (χ0) is 18.8. The van der Waals surface area contributed by atoms with E-state index in [1.165, 1.54) is 23.8 Å². The van der Waals surface area contributed by atoms with E-state index in [9.17, 15) is 4.79 Å². The summed E-state index contributed by atoms with van der Waals surface area (Å²) in [5, 5.41) is 4.09. The Morgan fingerprint density at radius 2 is 2.08 bits per heavy atom. The number of amides is 1. The molecule has 26 heavy (non-hydrogen) atoms. The van der Waals surface area contributed by atoms with Crippen LogP contribution >= 0.6 is 0 Å². The summed E-state index contributed by atoms with van der Waals surface area (Å²) in [6, 6.07) is 2.26. The van der Waals surface area contributed by atoms with Gasteiger partial charge in [-0.1, -0.05) is 0 Å². The van der Waals surface area contributed by atoms with Crippen LogP contribution in [0.25, 0.3) is 16.5 Å². The molecule has 3 rings (SSSR count). The first-order chi connectivity index (χ1) is 12.4. The van der Waals surface area contributed by atoms with Crippen molar-refractivity contribution in [1.82, 2.24) is 5.32 Å². The molecule has 0 fully saturated rings. The van der Waals surface area contributed by atoms with Crippen LogP contribution in [0.3, 0.4) is 0 Å². The van der Waals surface area contributed by atoms with Crippen molar-refractivity contribution in [3.8, 4) is 5.75 Å². The smallest absolute Gasteiger partial charge is 0.244 e. The summed E-state index contributed by atoms with van der Waals surface area (Å²) in [4.78, 5) is 12.2. The van der Waals surface area contributed by atoms with Gasteiger partial charge in [-0.25, -0.2) is 0 Å².